The molecule has 1 aliphatic heterocycles. The highest BCUT2D eigenvalue weighted by Crippen LogP contribution is 2.28. The van der Waals surface area contributed by atoms with Gasteiger partial charge >= 0.3 is 0 Å². The number of Topliss-reactive ketones (excluding diaryl/α,β-unsaturated/α-hetero) is 1. The number of fused-ring (bicyclic) bond motifs is 1. The van der Waals surface area contributed by atoms with E-state index in [9.17, 15) is 13.6 Å². The van der Waals surface area contributed by atoms with Gasteiger partial charge in [0.1, 0.15) is 5.82 Å². The molecule has 0 radical (unpaired) electrons. The summed E-state index contributed by atoms with van der Waals surface area (Å²) in [5.74, 6) is -1.94. The summed E-state index contributed by atoms with van der Waals surface area (Å²) < 4.78 is 31.0. The van der Waals surface area contributed by atoms with Crippen LogP contribution in [0.4, 0.5) is 8.78 Å². The molecule has 1 aliphatic rings. The first-order chi connectivity index (χ1) is 6.68. The highest BCUT2D eigenvalue weighted by Gasteiger charge is 2.21. The van der Waals surface area contributed by atoms with Crippen LogP contribution in [0, 0.1) is 11.6 Å². The first kappa shape index (κ1) is 9.12. The molecule has 2 nitrogen and oxygen atoms in total. The lowest BCUT2D eigenvalue weighted by Crippen LogP contribution is -2.01. The Labute approximate surface area is 79.5 Å². The van der Waals surface area contributed by atoms with E-state index in [0.29, 0.717) is 13.0 Å². The van der Waals surface area contributed by atoms with Gasteiger partial charge in [-0.25, -0.2) is 8.78 Å². The molecule has 0 aliphatic carbocycles. The number of carbonyl (C=O) groups is 1. The minimum Gasteiger partial charge on any atom is -0.490 e. The molecule has 0 fully saturated rings. The van der Waals surface area contributed by atoms with E-state index >= 15 is 0 Å². The summed E-state index contributed by atoms with van der Waals surface area (Å²) in [4.78, 5) is 11.4. The molecule has 4 heteroatoms. The van der Waals surface area contributed by atoms with Crippen molar-refractivity contribution in [3.05, 3.63) is 29.3 Å². The van der Waals surface area contributed by atoms with E-state index < -0.39 is 11.6 Å². The molecule has 1 heterocycles. The molecule has 0 saturated heterocycles. The third-order valence-corrected chi connectivity index (χ3v) is 2.10. The first-order valence-electron chi connectivity index (χ1n) is 4.33. The number of hydrogen-bond acceptors (Lipinski definition) is 2. The van der Waals surface area contributed by atoms with Gasteiger partial charge in [-0.3, -0.25) is 4.79 Å². The molecule has 0 atom stereocenters. The highest BCUT2D eigenvalue weighted by molar-refractivity contribution is 5.99. The second kappa shape index (κ2) is 3.36. The topological polar surface area (TPSA) is 26.3 Å². The zero-order chi connectivity index (χ0) is 10.1. The molecule has 2 rings (SSSR count). The second-order valence-corrected chi connectivity index (χ2v) is 3.14. The zero-order valence-corrected chi connectivity index (χ0v) is 7.35. The van der Waals surface area contributed by atoms with Gasteiger partial charge in [0.2, 0.25) is 0 Å². The van der Waals surface area contributed by atoms with Gasteiger partial charge in [0.25, 0.3) is 0 Å². The van der Waals surface area contributed by atoms with Gasteiger partial charge in [-0.15, -0.1) is 0 Å². The van der Waals surface area contributed by atoms with Crippen molar-refractivity contribution >= 4 is 5.78 Å². The normalized spacial score (nSPS) is 15.7. The van der Waals surface area contributed by atoms with E-state index in [1.54, 1.807) is 0 Å². The standard InChI is InChI=1S/C10H8F2O2/c11-6-4-7-9(13)2-1-3-14-10(7)8(12)5-6/h4-5H,1-3H2. The van der Waals surface area contributed by atoms with Crippen LogP contribution in [0.1, 0.15) is 23.2 Å². The smallest absolute Gasteiger partial charge is 0.168 e. The summed E-state index contributed by atoms with van der Waals surface area (Å²) in [6.45, 7) is 0.293. The molecule has 1 aromatic carbocycles. The van der Waals surface area contributed by atoms with Crippen molar-refractivity contribution in [3.8, 4) is 5.75 Å². The van der Waals surface area contributed by atoms with E-state index in [2.05, 4.69) is 0 Å². The summed E-state index contributed by atoms with van der Waals surface area (Å²) in [5, 5.41) is 0. The fraction of sp³-hybridized carbons (Fsp3) is 0.300. The van der Waals surface area contributed by atoms with Gasteiger partial charge in [-0.2, -0.15) is 0 Å². The predicted molar refractivity (Wildman–Crippen MR) is 45.4 cm³/mol. The van der Waals surface area contributed by atoms with Crippen molar-refractivity contribution in [3.63, 3.8) is 0 Å². The number of hydrogen-bond donors (Lipinski definition) is 0. The molecule has 0 saturated carbocycles. The molecule has 0 aromatic heterocycles. The number of rotatable bonds is 0. The number of carbonyl (C=O) groups excluding carboxylic acids is 1. The van der Waals surface area contributed by atoms with E-state index in [4.69, 9.17) is 4.74 Å². The van der Waals surface area contributed by atoms with Crippen LogP contribution in [0.25, 0.3) is 0 Å². The van der Waals surface area contributed by atoms with Crippen LogP contribution in [0.5, 0.6) is 5.75 Å². The van der Waals surface area contributed by atoms with Crippen LogP contribution >= 0.6 is 0 Å². The zero-order valence-electron chi connectivity index (χ0n) is 7.35. The molecule has 0 bridgehead atoms. The quantitative estimate of drug-likeness (QED) is 0.639. The van der Waals surface area contributed by atoms with Crippen molar-refractivity contribution in [1.82, 2.24) is 0 Å². The molecule has 0 N–H and O–H groups in total. The number of ether oxygens (including phenoxy) is 1. The lowest BCUT2D eigenvalue weighted by Gasteiger charge is -2.06. The summed E-state index contributed by atoms with van der Waals surface area (Å²) in [6.07, 6.45) is 0.810. The van der Waals surface area contributed by atoms with E-state index in [1.165, 1.54) is 0 Å². The fourth-order valence-corrected chi connectivity index (χ4v) is 1.46. The number of benzene rings is 1. The average molecular weight is 198 g/mol. The van der Waals surface area contributed by atoms with Gasteiger partial charge in [-0.1, -0.05) is 0 Å². The van der Waals surface area contributed by atoms with Crippen LogP contribution in [-0.2, 0) is 0 Å². The summed E-state index contributed by atoms with van der Waals surface area (Å²) in [6, 6.07) is 1.74. The average Bonchev–Trinajstić information content (AvgIpc) is 2.29. The fourth-order valence-electron chi connectivity index (χ4n) is 1.46. The van der Waals surface area contributed by atoms with Crippen LogP contribution < -0.4 is 4.74 Å². The Bertz CT molecular complexity index is 388. The Morgan fingerprint density at radius 3 is 2.86 bits per heavy atom. The van der Waals surface area contributed by atoms with Gasteiger partial charge in [0, 0.05) is 12.5 Å². The second-order valence-electron chi connectivity index (χ2n) is 3.14. The van der Waals surface area contributed by atoms with Crippen LogP contribution in [0.15, 0.2) is 12.1 Å². The number of ketones is 1. The third-order valence-electron chi connectivity index (χ3n) is 2.10. The molecule has 74 valence electrons. The van der Waals surface area contributed by atoms with Crippen molar-refractivity contribution in [1.29, 1.82) is 0 Å². The molecule has 0 amide bonds. The van der Waals surface area contributed by atoms with Crippen molar-refractivity contribution in [2.75, 3.05) is 6.61 Å². The van der Waals surface area contributed by atoms with Crippen LogP contribution in [-0.4, -0.2) is 12.4 Å². The Morgan fingerprint density at radius 1 is 1.29 bits per heavy atom. The lowest BCUT2D eigenvalue weighted by atomic mass is 10.1. The summed E-state index contributed by atoms with van der Waals surface area (Å²) >= 11 is 0. The molecule has 1 aromatic rings. The molecule has 0 unspecified atom stereocenters. The number of halogens is 2. The Kier molecular flexibility index (Phi) is 2.19. The Balaban J connectivity index is 2.58. The van der Waals surface area contributed by atoms with Gasteiger partial charge in [0.05, 0.1) is 12.2 Å². The van der Waals surface area contributed by atoms with E-state index in [-0.39, 0.29) is 23.5 Å². The maximum absolute atomic E-state index is 13.2. The molecular weight excluding hydrogens is 190 g/mol. The summed E-state index contributed by atoms with van der Waals surface area (Å²) in [5.41, 5.74) is 0.0139. The Hall–Kier alpha value is -1.45. The van der Waals surface area contributed by atoms with Crippen LogP contribution in [0.2, 0.25) is 0 Å². The Morgan fingerprint density at radius 2 is 2.07 bits per heavy atom. The molecular formula is C10H8F2O2. The SMILES string of the molecule is O=C1CCCOc2c(F)cc(F)cc21. The van der Waals surface area contributed by atoms with Crippen molar-refractivity contribution in [2.24, 2.45) is 0 Å². The van der Waals surface area contributed by atoms with Gasteiger partial charge in [-0.05, 0) is 12.5 Å². The van der Waals surface area contributed by atoms with Crippen LogP contribution in [0.3, 0.4) is 0 Å². The largest absolute Gasteiger partial charge is 0.490 e. The highest BCUT2D eigenvalue weighted by atomic mass is 19.1. The minimum atomic E-state index is -0.810. The first-order valence-corrected chi connectivity index (χ1v) is 4.33. The molecule has 14 heavy (non-hydrogen) atoms. The third kappa shape index (κ3) is 1.47. The minimum absolute atomic E-state index is 0.0139. The van der Waals surface area contributed by atoms with Gasteiger partial charge in [0.15, 0.2) is 17.3 Å². The van der Waals surface area contributed by atoms with E-state index in [1.807, 2.05) is 0 Å². The maximum Gasteiger partial charge on any atom is 0.168 e. The van der Waals surface area contributed by atoms with E-state index in [0.717, 1.165) is 12.1 Å². The monoisotopic (exact) mass is 198 g/mol. The maximum atomic E-state index is 13.2. The van der Waals surface area contributed by atoms with Crippen molar-refractivity contribution < 1.29 is 18.3 Å². The summed E-state index contributed by atoms with van der Waals surface area (Å²) in [7, 11) is 0. The predicted octanol–water partition coefficient (Wildman–Crippen LogP) is 2.32. The lowest BCUT2D eigenvalue weighted by molar-refractivity contribution is 0.0982. The van der Waals surface area contributed by atoms with Gasteiger partial charge < -0.3 is 4.74 Å². The van der Waals surface area contributed by atoms with Crippen molar-refractivity contribution in [2.45, 2.75) is 12.8 Å². The molecule has 0 spiro atoms.